The highest BCUT2D eigenvalue weighted by Gasteiger charge is 2.13. The second kappa shape index (κ2) is 6.04. The number of carbonyl (C=O) groups excluding carboxylic acids is 1. The summed E-state index contributed by atoms with van der Waals surface area (Å²) in [6, 6.07) is 11.6. The molecule has 0 spiro atoms. The summed E-state index contributed by atoms with van der Waals surface area (Å²) in [5.41, 5.74) is 5.45. The number of hydrogen-bond donors (Lipinski definition) is 1. The van der Waals surface area contributed by atoms with Crippen molar-refractivity contribution in [2.45, 2.75) is 20.8 Å². The number of hydrogen-bond acceptors (Lipinski definition) is 3. The average Bonchev–Trinajstić information content (AvgIpc) is 3.05. The van der Waals surface area contributed by atoms with Crippen LogP contribution in [0, 0.1) is 20.8 Å². The predicted molar refractivity (Wildman–Crippen MR) is 90.0 cm³/mol. The quantitative estimate of drug-likeness (QED) is 0.806. The van der Waals surface area contributed by atoms with Crippen LogP contribution in [0.5, 0.6) is 0 Å². The molecule has 0 saturated carbocycles. The zero-order chi connectivity index (χ0) is 16.4. The number of anilines is 1. The Morgan fingerprint density at radius 2 is 1.57 bits per heavy atom. The van der Waals surface area contributed by atoms with Crippen molar-refractivity contribution in [3.63, 3.8) is 0 Å². The fourth-order valence-corrected chi connectivity index (χ4v) is 2.63. The lowest BCUT2D eigenvalue weighted by Crippen LogP contribution is -2.15. The van der Waals surface area contributed by atoms with E-state index in [1.54, 1.807) is 12.7 Å². The van der Waals surface area contributed by atoms with Gasteiger partial charge >= 0.3 is 0 Å². The predicted octanol–water partition coefficient (Wildman–Crippen LogP) is 3.44. The number of rotatable bonds is 3. The Balaban J connectivity index is 1.92. The van der Waals surface area contributed by atoms with E-state index in [1.165, 1.54) is 0 Å². The van der Waals surface area contributed by atoms with Crippen LogP contribution < -0.4 is 5.32 Å². The van der Waals surface area contributed by atoms with Crippen LogP contribution in [0.2, 0.25) is 0 Å². The molecule has 0 radical (unpaired) electrons. The molecular weight excluding hydrogens is 288 g/mol. The van der Waals surface area contributed by atoms with Gasteiger partial charge in [0.05, 0.1) is 0 Å². The SMILES string of the molecule is Cc1ccccc1C(=O)Nc1c(C)cc(-n2cnnc2)cc1C. The molecule has 5 nitrogen and oxygen atoms in total. The maximum atomic E-state index is 12.5. The molecule has 5 heteroatoms. The van der Waals surface area contributed by atoms with Crippen LogP contribution in [0.3, 0.4) is 0 Å². The standard InChI is InChI=1S/C18H18N4O/c1-12-6-4-5-7-16(12)18(23)21-17-13(2)8-15(9-14(17)3)22-10-19-20-11-22/h4-11H,1-3H3,(H,21,23). The molecule has 1 amide bonds. The maximum Gasteiger partial charge on any atom is 0.255 e. The fourth-order valence-electron chi connectivity index (χ4n) is 2.63. The molecule has 2 aromatic carbocycles. The number of carbonyl (C=O) groups is 1. The number of amides is 1. The summed E-state index contributed by atoms with van der Waals surface area (Å²) >= 11 is 0. The van der Waals surface area contributed by atoms with E-state index in [-0.39, 0.29) is 5.91 Å². The Morgan fingerprint density at radius 1 is 0.957 bits per heavy atom. The third-order valence-electron chi connectivity index (χ3n) is 3.86. The molecule has 0 saturated heterocycles. The second-order valence-corrected chi connectivity index (χ2v) is 5.59. The fraction of sp³-hybridized carbons (Fsp3) is 0.167. The zero-order valence-electron chi connectivity index (χ0n) is 13.4. The van der Waals surface area contributed by atoms with Crippen molar-refractivity contribution < 1.29 is 4.79 Å². The summed E-state index contributed by atoms with van der Waals surface area (Å²) in [7, 11) is 0. The Kier molecular flexibility index (Phi) is 3.93. The van der Waals surface area contributed by atoms with Crippen LogP contribution in [-0.2, 0) is 0 Å². The highest BCUT2D eigenvalue weighted by molar-refractivity contribution is 6.06. The van der Waals surface area contributed by atoms with Crippen molar-refractivity contribution in [1.29, 1.82) is 0 Å². The Morgan fingerprint density at radius 3 is 2.17 bits per heavy atom. The molecular formula is C18H18N4O. The van der Waals surface area contributed by atoms with Crippen molar-refractivity contribution in [3.05, 3.63) is 71.3 Å². The molecule has 3 aromatic rings. The van der Waals surface area contributed by atoms with Crippen molar-refractivity contribution in [3.8, 4) is 5.69 Å². The van der Waals surface area contributed by atoms with Crippen LogP contribution >= 0.6 is 0 Å². The molecule has 0 aliphatic heterocycles. The number of aromatic nitrogens is 3. The van der Waals surface area contributed by atoms with Gasteiger partial charge in [0.25, 0.3) is 5.91 Å². The second-order valence-electron chi connectivity index (χ2n) is 5.59. The number of benzene rings is 2. The molecule has 1 aromatic heterocycles. The first-order valence-electron chi connectivity index (χ1n) is 7.39. The first kappa shape index (κ1) is 15.0. The Bertz CT molecular complexity index is 830. The minimum Gasteiger partial charge on any atom is -0.321 e. The van der Waals surface area contributed by atoms with E-state index in [0.717, 1.165) is 28.1 Å². The van der Waals surface area contributed by atoms with Gasteiger partial charge in [-0.05, 0) is 55.7 Å². The van der Waals surface area contributed by atoms with Gasteiger partial charge in [-0.25, -0.2) is 0 Å². The smallest absolute Gasteiger partial charge is 0.255 e. The van der Waals surface area contributed by atoms with Gasteiger partial charge in [0.15, 0.2) is 0 Å². The summed E-state index contributed by atoms with van der Waals surface area (Å²) in [5.74, 6) is -0.0913. The Labute approximate surface area is 135 Å². The van der Waals surface area contributed by atoms with Crippen LogP contribution in [0.4, 0.5) is 5.69 Å². The lowest BCUT2D eigenvalue weighted by molar-refractivity contribution is 0.102. The summed E-state index contributed by atoms with van der Waals surface area (Å²) in [6.07, 6.45) is 3.31. The van der Waals surface area contributed by atoms with Crippen LogP contribution in [0.25, 0.3) is 5.69 Å². The molecule has 0 aliphatic carbocycles. The van der Waals surface area contributed by atoms with Gasteiger partial charge in [-0.2, -0.15) is 0 Å². The molecule has 1 N–H and O–H groups in total. The minimum absolute atomic E-state index is 0.0913. The van der Waals surface area contributed by atoms with Gasteiger partial charge < -0.3 is 5.32 Å². The van der Waals surface area contributed by atoms with Crippen molar-refractivity contribution in [1.82, 2.24) is 14.8 Å². The van der Waals surface area contributed by atoms with E-state index in [4.69, 9.17) is 0 Å². The van der Waals surface area contributed by atoms with E-state index >= 15 is 0 Å². The van der Waals surface area contributed by atoms with Gasteiger partial charge in [0.2, 0.25) is 0 Å². The van der Waals surface area contributed by atoms with Crippen molar-refractivity contribution in [2.75, 3.05) is 5.32 Å². The lowest BCUT2D eigenvalue weighted by Gasteiger charge is -2.15. The van der Waals surface area contributed by atoms with Crippen molar-refractivity contribution >= 4 is 11.6 Å². The molecule has 0 bridgehead atoms. The van der Waals surface area contributed by atoms with Gasteiger partial charge in [-0.15, -0.1) is 10.2 Å². The van der Waals surface area contributed by atoms with E-state index in [2.05, 4.69) is 15.5 Å². The van der Waals surface area contributed by atoms with Gasteiger partial charge in [-0.1, -0.05) is 18.2 Å². The van der Waals surface area contributed by atoms with E-state index < -0.39 is 0 Å². The summed E-state index contributed by atoms with van der Waals surface area (Å²) in [6.45, 7) is 5.90. The van der Waals surface area contributed by atoms with E-state index in [9.17, 15) is 4.79 Å². The van der Waals surface area contributed by atoms with Crippen LogP contribution in [0.15, 0.2) is 49.1 Å². The molecule has 0 unspecified atom stereocenters. The minimum atomic E-state index is -0.0913. The zero-order valence-corrected chi connectivity index (χ0v) is 13.4. The lowest BCUT2D eigenvalue weighted by atomic mass is 10.1. The number of nitrogens with zero attached hydrogens (tertiary/aromatic N) is 3. The summed E-state index contributed by atoms with van der Waals surface area (Å²) in [5, 5.41) is 10.7. The summed E-state index contributed by atoms with van der Waals surface area (Å²) in [4.78, 5) is 12.5. The first-order chi connectivity index (χ1) is 11.1. The molecule has 0 aliphatic rings. The third kappa shape index (κ3) is 2.99. The molecule has 0 atom stereocenters. The van der Waals surface area contributed by atoms with Gasteiger partial charge in [0, 0.05) is 16.9 Å². The van der Waals surface area contributed by atoms with Gasteiger partial charge in [-0.3, -0.25) is 9.36 Å². The first-order valence-corrected chi connectivity index (χ1v) is 7.39. The highest BCUT2D eigenvalue weighted by Crippen LogP contribution is 2.25. The van der Waals surface area contributed by atoms with E-state index in [1.807, 2.05) is 61.7 Å². The summed E-state index contributed by atoms with van der Waals surface area (Å²) < 4.78 is 1.84. The molecule has 116 valence electrons. The monoisotopic (exact) mass is 306 g/mol. The van der Waals surface area contributed by atoms with Gasteiger partial charge in [0.1, 0.15) is 12.7 Å². The number of nitrogens with one attached hydrogen (secondary N) is 1. The van der Waals surface area contributed by atoms with Crippen LogP contribution in [0.1, 0.15) is 27.0 Å². The normalized spacial score (nSPS) is 10.6. The largest absolute Gasteiger partial charge is 0.321 e. The highest BCUT2D eigenvalue weighted by atomic mass is 16.1. The van der Waals surface area contributed by atoms with Crippen molar-refractivity contribution in [2.24, 2.45) is 0 Å². The molecule has 1 heterocycles. The molecule has 3 rings (SSSR count). The topological polar surface area (TPSA) is 59.8 Å². The van der Waals surface area contributed by atoms with Crippen LogP contribution in [-0.4, -0.2) is 20.7 Å². The third-order valence-corrected chi connectivity index (χ3v) is 3.86. The molecule has 0 fully saturated rings. The molecule has 23 heavy (non-hydrogen) atoms. The maximum absolute atomic E-state index is 12.5. The Hall–Kier alpha value is -2.95. The average molecular weight is 306 g/mol. The number of aryl methyl sites for hydroxylation is 3. The van der Waals surface area contributed by atoms with E-state index in [0.29, 0.717) is 5.56 Å².